The van der Waals surface area contributed by atoms with Crippen molar-refractivity contribution in [3.63, 3.8) is 0 Å². The van der Waals surface area contributed by atoms with Gasteiger partial charge in [-0.3, -0.25) is 4.79 Å². The Bertz CT molecular complexity index is 928. The van der Waals surface area contributed by atoms with Gasteiger partial charge in [0.15, 0.2) is 11.5 Å². The van der Waals surface area contributed by atoms with Crippen molar-refractivity contribution in [1.29, 1.82) is 0 Å². The van der Waals surface area contributed by atoms with Crippen molar-refractivity contribution in [2.45, 2.75) is 19.0 Å². The van der Waals surface area contributed by atoms with Crippen LogP contribution in [-0.4, -0.2) is 33.3 Å². The van der Waals surface area contributed by atoms with E-state index in [-0.39, 0.29) is 11.9 Å². The number of benzene rings is 3. The Kier molecular flexibility index (Phi) is 7.38. The number of ether oxygens (including phenoxy) is 3. The van der Waals surface area contributed by atoms with Gasteiger partial charge in [0.2, 0.25) is 11.7 Å². The third kappa shape index (κ3) is 5.28. The summed E-state index contributed by atoms with van der Waals surface area (Å²) < 4.78 is 16.2. The molecule has 0 saturated heterocycles. The van der Waals surface area contributed by atoms with Crippen LogP contribution in [0.4, 0.5) is 5.69 Å². The molecule has 0 bridgehead atoms. The van der Waals surface area contributed by atoms with Crippen molar-refractivity contribution in [3.8, 4) is 17.2 Å². The molecule has 0 saturated carbocycles. The van der Waals surface area contributed by atoms with Crippen LogP contribution in [0.15, 0.2) is 72.8 Å². The second kappa shape index (κ2) is 10.4. The standard InChI is InChI=1S/C25H28N2O4/c1-17(26-20-15-21(29-2)24(31-4)22(16-20)30-3)25(28)27-23(18-11-7-5-8-12-18)19-13-9-6-10-14-19/h5-17,23,26H,1-4H3,(H,27,28)/t17-/m1/s1. The lowest BCUT2D eigenvalue weighted by molar-refractivity contribution is -0.122. The summed E-state index contributed by atoms with van der Waals surface area (Å²) in [6.45, 7) is 1.81. The van der Waals surface area contributed by atoms with Crippen molar-refractivity contribution in [1.82, 2.24) is 5.32 Å². The summed E-state index contributed by atoms with van der Waals surface area (Å²) in [4.78, 5) is 13.1. The number of anilines is 1. The first-order valence-electron chi connectivity index (χ1n) is 10.0. The molecule has 2 N–H and O–H groups in total. The van der Waals surface area contributed by atoms with Crippen LogP contribution in [0.3, 0.4) is 0 Å². The van der Waals surface area contributed by atoms with E-state index < -0.39 is 6.04 Å². The van der Waals surface area contributed by atoms with Crippen molar-refractivity contribution in [3.05, 3.63) is 83.9 Å². The van der Waals surface area contributed by atoms with Crippen LogP contribution in [0.5, 0.6) is 17.2 Å². The lowest BCUT2D eigenvalue weighted by Crippen LogP contribution is -2.40. The Balaban J connectivity index is 1.80. The van der Waals surface area contributed by atoms with Gasteiger partial charge in [-0.1, -0.05) is 60.7 Å². The maximum absolute atomic E-state index is 13.1. The number of nitrogens with one attached hydrogen (secondary N) is 2. The number of methoxy groups -OCH3 is 3. The lowest BCUT2D eigenvalue weighted by atomic mass is 9.98. The smallest absolute Gasteiger partial charge is 0.242 e. The van der Waals surface area contributed by atoms with E-state index in [4.69, 9.17) is 14.2 Å². The van der Waals surface area contributed by atoms with Crippen molar-refractivity contribution >= 4 is 11.6 Å². The maximum atomic E-state index is 13.1. The van der Waals surface area contributed by atoms with Gasteiger partial charge in [0.25, 0.3) is 0 Å². The minimum absolute atomic E-state index is 0.133. The minimum atomic E-state index is -0.502. The van der Waals surface area contributed by atoms with Gasteiger partial charge < -0.3 is 24.8 Å². The molecule has 0 aromatic heterocycles. The summed E-state index contributed by atoms with van der Waals surface area (Å²) in [5.74, 6) is 1.40. The van der Waals surface area contributed by atoms with Crippen LogP contribution in [0.25, 0.3) is 0 Å². The van der Waals surface area contributed by atoms with Gasteiger partial charge in [0.1, 0.15) is 6.04 Å². The van der Waals surface area contributed by atoms with E-state index in [1.807, 2.05) is 67.6 Å². The van der Waals surface area contributed by atoms with E-state index in [0.29, 0.717) is 22.9 Å². The summed E-state index contributed by atoms with van der Waals surface area (Å²) in [5.41, 5.74) is 2.72. The zero-order valence-corrected chi connectivity index (χ0v) is 18.2. The van der Waals surface area contributed by atoms with Crippen LogP contribution >= 0.6 is 0 Å². The summed E-state index contributed by atoms with van der Waals surface area (Å²) in [6, 6.07) is 22.6. The predicted molar refractivity (Wildman–Crippen MR) is 122 cm³/mol. The number of carbonyl (C=O) groups is 1. The van der Waals surface area contributed by atoms with E-state index in [1.165, 1.54) is 0 Å². The van der Waals surface area contributed by atoms with Crippen LogP contribution in [-0.2, 0) is 4.79 Å². The molecule has 0 radical (unpaired) electrons. The molecular weight excluding hydrogens is 392 g/mol. The minimum Gasteiger partial charge on any atom is -0.493 e. The third-order valence-corrected chi connectivity index (χ3v) is 4.99. The highest BCUT2D eigenvalue weighted by Crippen LogP contribution is 2.40. The average Bonchev–Trinajstić information content (AvgIpc) is 2.82. The molecule has 0 spiro atoms. The van der Waals surface area contributed by atoms with E-state index in [9.17, 15) is 4.79 Å². The fraction of sp³-hybridized carbons (Fsp3) is 0.240. The molecule has 0 aliphatic heterocycles. The topological polar surface area (TPSA) is 68.8 Å². The summed E-state index contributed by atoms with van der Waals surface area (Å²) in [5, 5.41) is 6.38. The first kappa shape index (κ1) is 22.0. The molecule has 0 heterocycles. The zero-order valence-electron chi connectivity index (χ0n) is 18.2. The Morgan fingerprint density at radius 1 is 0.774 bits per heavy atom. The fourth-order valence-corrected chi connectivity index (χ4v) is 3.40. The largest absolute Gasteiger partial charge is 0.493 e. The Labute approximate surface area is 183 Å². The number of carbonyl (C=O) groups excluding carboxylic acids is 1. The quantitative estimate of drug-likeness (QED) is 0.536. The van der Waals surface area contributed by atoms with Gasteiger partial charge in [-0.05, 0) is 18.1 Å². The number of amides is 1. The van der Waals surface area contributed by atoms with E-state index in [0.717, 1.165) is 11.1 Å². The normalized spacial score (nSPS) is 11.5. The fourth-order valence-electron chi connectivity index (χ4n) is 3.40. The number of rotatable bonds is 9. The highest BCUT2D eigenvalue weighted by molar-refractivity contribution is 5.85. The highest BCUT2D eigenvalue weighted by Gasteiger charge is 2.21. The summed E-state index contributed by atoms with van der Waals surface area (Å²) in [6.07, 6.45) is 0. The van der Waals surface area contributed by atoms with Crippen LogP contribution in [0, 0.1) is 0 Å². The van der Waals surface area contributed by atoms with Crippen molar-refractivity contribution < 1.29 is 19.0 Å². The SMILES string of the molecule is COc1cc(N[C@H](C)C(=O)NC(c2ccccc2)c2ccccc2)cc(OC)c1OC. The van der Waals surface area contributed by atoms with Crippen molar-refractivity contribution in [2.75, 3.05) is 26.6 Å². The zero-order chi connectivity index (χ0) is 22.2. The number of hydrogen-bond acceptors (Lipinski definition) is 5. The molecule has 0 unspecified atom stereocenters. The van der Waals surface area contributed by atoms with Gasteiger partial charge in [-0.15, -0.1) is 0 Å². The van der Waals surface area contributed by atoms with Gasteiger partial charge in [-0.25, -0.2) is 0 Å². The molecule has 162 valence electrons. The molecular formula is C25H28N2O4. The predicted octanol–water partition coefficient (Wildman–Crippen LogP) is 4.42. The molecule has 3 aromatic carbocycles. The van der Waals surface area contributed by atoms with Crippen molar-refractivity contribution in [2.24, 2.45) is 0 Å². The highest BCUT2D eigenvalue weighted by atomic mass is 16.5. The molecule has 6 heteroatoms. The molecule has 0 fully saturated rings. The lowest BCUT2D eigenvalue weighted by Gasteiger charge is -2.23. The number of hydrogen-bond donors (Lipinski definition) is 2. The first-order valence-corrected chi connectivity index (χ1v) is 10.0. The second-order valence-corrected chi connectivity index (χ2v) is 7.04. The third-order valence-electron chi connectivity index (χ3n) is 4.99. The molecule has 31 heavy (non-hydrogen) atoms. The first-order chi connectivity index (χ1) is 15.1. The van der Waals surface area contributed by atoms with Gasteiger partial charge in [0, 0.05) is 17.8 Å². The molecule has 0 aliphatic carbocycles. The van der Waals surface area contributed by atoms with Crippen LogP contribution in [0.2, 0.25) is 0 Å². The van der Waals surface area contributed by atoms with Crippen LogP contribution < -0.4 is 24.8 Å². The maximum Gasteiger partial charge on any atom is 0.242 e. The molecule has 6 nitrogen and oxygen atoms in total. The molecule has 1 atom stereocenters. The molecule has 3 aromatic rings. The summed E-state index contributed by atoms with van der Waals surface area (Å²) >= 11 is 0. The van der Waals surface area contributed by atoms with Crippen LogP contribution in [0.1, 0.15) is 24.1 Å². The van der Waals surface area contributed by atoms with E-state index in [2.05, 4.69) is 10.6 Å². The molecule has 1 amide bonds. The average molecular weight is 421 g/mol. The molecule has 0 aliphatic rings. The van der Waals surface area contributed by atoms with Gasteiger partial charge in [-0.2, -0.15) is 0 Å². The van der Waals surface area contributed by atoms with Gasteiger partial charge in [0.05, 0.1) is 27.4 Å². The Morgan fingerprint density at radius 2 is 1.26 bits per heavy atom. The summed E-state index contributed by atoms with van der Waals surface area (Å²) in [7, 11) is 4.67. The second-order valence-electron chi connectivity index (χ2n) is 7.04. The van der Waals surface area contributed by atoms with E-state index >= 15 is 0 Å². The molecule has 3 rings (SSSR count). The van der Waals surface area contributed by atoms with E-state index in [1.54, 1.807) is 33.5 Å². The van der Waals surface area contributed by atoms with Gasteiger partial charge >= 0.3 is 0 Å². The monoisotopic (exact) mass is 420 g/mol. The Hall–Kier alpha value is -3.67. The Morgan fingerprint density at radius 3 is 1.68 bits per heavy atom.